The summed E-state index contributed by atoms with van der Waals surface area (Å²) in [6, 6.07) is 5.99. The lowest BCUT2D eigenvalue weighted by Crippen LogP contribution is -2.25. The number of amides is 1. The highest BCUT2D eigenvalue weighted by atomic mass is 32.3. The second kappa shape index (κ2) is 5.40. The van der Waals surface area contributed by atoms with Crippen LogP contribution in [0.15, 0.2) is 18.2 Å². The summed E-state index contributed by atoms with van der Waals surface area (Å²) in [4.78, 5) is 13.6. The van der Waals surface area contributed by atoms with Crippen LogP contribution in [0.4, 0.5) is 9.57 Å². The van der Waals surface area contributed by atoms with Crippen molar-refractivity contribution < 1.29 is 17.1 Å². The average molecular weight is 311 g/mol. The maximum Gasteiger partial charge on any atom is 0.302 e. The third-order valence-electron chi connectivity index (χ3n) is 4.28. The highest BCUT2D eigenvalue weighted by molar-refractivity contribution is 7.86. The highest BCUT2D eigenvalue weighted by Gasteiger charge is 2.33. The predicted molar refractivity (Wildman–Crippen MR) is 78.4 cm³/mol. The fourth-order valence-electron chi connectivity index (χ4n) is 3.31. The maximum atomic E-state index is 12.8. The van der Waals surface area contributed by atoms with Crippen molar-refractivity contribution in [1.29, 1.82) is 0 Å². The minimum atomic E-state index is -4.53. The van der Waals surface area contributed by atoms with E-state index in [0.717, 1.165) is 24.9 Å². The molecule has 114 valence electrons. The molecule has 1 aliphatic carbocycles. The molecule has 0 aromatic heterocycles. The maximum absolute atomic E-state index is 12.8. The van der Waals surface area contributed by atoms with Gasteiger partial charge in [-0.2, -0.15) is 8.42 Å². The zero-order valence-electron chi connectivity index (χ0n) is 11.7. The minimum Gasteiger partial charge on any atom is -0.312 e. The van der Waals surface area contributed by atoms with E-state index in [4.69, 9.17) is 0 Å². The molecule has 1 heterocycles. The molecule has 0 spiro atoms. The van der Waals surface area contributed by atoms with E-state index in [1.807, 2.05) is 12.1 Å². The zero-order valence-corrected chi connectivity index (χ0v) is 12.5. The number of nitrogens with zero attached hydrogens (tertiary/aromatic N) is 1. The van der Waals surface area contributed by atoms with Crippen molar-refractivity contribution in [2.45, 2.75) is 32.1 Å². The van der Waals surface area contributed by atoms with Gasteiger partial charge in [0.15, 0.2) is 0 Å². The highest BCUT2D eigenvalue weighted by Crippen LogP contribution is 2.30. The van der Waals surface area contributed by atoms with Gasteiger partial charge in [-0.15, -0.1) is 3.89 Å². The van der Waals surface area contributed by atoms with Crippen LogP contribution in [-0.4, -0.2) is 26.6 Å². The molecule has 1 aromatic rings. The Morgan fingerprint density at radius 1 is 1.19 bits per heavy atom. The molecule has 21 heavy (non-hydrogen) atoms. The van der Waals surface area contributed by atoms with E-state index in [0.29, 0.717) is 0 Å². The van der Waals surface area contributed by atoms with Gasteiger partial charge in [0.05, 0.1) is 5.75 Å². The summed E-state index contributed by atoms with van der Waals surface area (Å²) < 4.78 is 34.2. The first-order chi connectivity index (χ1) is 9.92. The number of fused-ring (bicyclic) bond motifs is 1. The molecule has 0 saturated carbocycles. The van der Waals surface area contributed by atoms with Crippen LogP contribution < -0.4 is 4.90 Å². The van der Waals surface area contributed by atoms with E-state index in [-0.39, 0.29) is 18.9 Å². The number of halogens is 1. The molecule has 1 amide bonds. The molecule has 1 atom stereocenters. The van der Waals surface area contributed by atoms with E-state index in [2.05, 4.69) is 6.07 Å². The van der Waals surface area contributed by atoms with Gasteiger partial charge in [-0.1, -0.05) is 6.07 Å². The fourth-order valence-corrected chi connectivity index (χ4v) is 4.10. The molecule has 1 fully saturated rings. The minimum absolute atomic E-state index is 0.0975. The van der Waals surface area contributed by atoms with E-state index in [1.165, 1.54) is 17.5 Å². The SMILES string of the molecule is O=C1CC(CS(=O)(=O)F)CN1c1ccc2c(c1)CCCC2. The molecular weight excluding hydrogens is 293 g/mol. The summed E-state index contributed by atoms with van der Waals surface area (Å²) in [7, 11) is -4.53. The Labute approximate surface area is 124 Å². The van der Waals surface area contributed by atoms with Crippen LogP contribution in [0, 0.1) is 5.92 Å². The van der Waals surface area contributed by atoms with E-state index < -0.39 is 21.9 Å². The van der Waals surface area contributed by atoms with Crippen LogP contribution in [0.2, 0.25) is 0 Å². The number of carbonyl (C=O) groups is 1. The number of hydrogen-bond donors (Lipinski definition) is 0. The van der Waals surface area contributed by atoms with Gasteiger partial charge in [-0.25, -0.2) is 0 Å². The molecule has 4 nitrogen and oxygen atoms in total. The number of rotatable bonds is 3. The van der Waals surface area contributed by atoms with Crippen molar-refractivity contribution >= 4 is 21.8 Å². The summed E-state index contributed by atoms with van der Waals surface area (Å²) in [5, 5.41) is 0. The van der Waals surface area contributed by atoms with Crippen molar-refractivity contribution in [2.24, 2.45) is 5.92 Å². The van der Waals surface area contributed by atoms with Gasteiger partial charge in [0.1, 0.15) is 0 Å². The quantitative estimate of drug-likeness (QED) is 0.804. The largest absolute Gasteiger partial charge is 0.312 e. The first kappa shape index (κ1) is 14.5. The molecule has 1 unspecified atom stereocenters. The number of hydrogen-bond acceptors (Lipinski definition) is 3. The van der Waals surface area contributed by atoms with Gasteiger partial charge in [0.2, 0.25) is 5.91 Å². The first-order valence-electron chi connectivity index (χ1n) is 7.27. The summed E-state index contributed by atoms with van der Waals surface area (Å²) in [5.41, 5.74) is 3.41. The molecular formula is C15H18FNO3S. The summed E-state index contributed by atoms with van der Waals surface area (Å²) in [6.45, 7) is 0.279. The Morgan fingerprint density at radius 3 is 2.62 bits per heavy atom. The molecule has 6 heteroatoms. The van der Waals surface area contributed by atoms with E-state index in [9.17, 15) is 17.1 Å². The number of carbonyl (C=O) groups excluding carboxylic acids is 1. The topological polar surface area (TPSA) is 54.5 Å². The van der Waals surface area contributed by atoms with Gasteiger partial charge in [-0.05, 0) is 48.9 Å². The van der Waals surface area contributed by atoms with Crippen LogP contribution in [-0.2, 0) is 27.9 Å². The molecule has 2 aliphatic rings. The molecule has 1 saturated heterocycles. The lowest BCUT2D eigenvalue weighted by Gasteiger charge is -2.21. The van der Waals surface area contributed by atoms with E-state index in [1.54, 1.807) is 4.90 Å². The van der Waals surface area contributed by atoms with Crippen molar-refractivity contribution in [3.63, 3.8) is 0 Å². The summed E-state index contributed by atoms with van der Waals surface area (Å²) in [5.74, 6) is -1.15. The van der Waals surface area contributed by atoms with Crippen molar-refractivity contribution in [2.75, 3.05) is 17.2 Å². The predicted octanol–water partition coefficient (Wildman–Crippen LogP) is 2.22. The Bertz CT molecular complexity index is 671. The second-order valence-electron chi connectivity index (χ2n) is 5.94. The fraction of sp³-hybridized carbons (Fsp3) is 0.533. The van der Waals surface area contributed by atoms with Crippen molar-refractivity contribution in [3.8, 4) is 0 Å². The van der Waals surface area contributed by atoms with Gasteiger partial charge >= 0.3 is 10.2 Å². The number of anilines is 1. The average Bonchev–Trinajstić information content (AvgIpc) is 2.76. The lowest BCUT2D eigenvalue weighted by molar-refractivity contribution is -0.117. The van der Waals surface area contributed by atoms with E-state index >= 15 is 0 Å². The van der Waals surface area contributed by atoms with Crippen LogP contribution in [0.1, 0.15) is 30.4 Å². The molecule has 1 aliphatic heterocycles. The summed E-state index contributed by atoms with van der Waals surface area (Å²) >= 11 is 0. The molecule has 0 radical (unpaired) electrons. The molecule has 3 rings (SSSR count). The van der Waals surface area contributed by atoms with Crippen LogP contribution in [0.25, 0.3) is 0 Å². The van der Waals surface area contributed by atoms with Crippen LogP contribution in [0.5, 0.6) is 0 Å². The van der Waals surface area contributed by atoms with Crippen LogP contribution in [0.3, 0.4) is 0 Å². The second-order valence-corrected chi connectivity index (χ2v) is 7.35. The number of aryl methyl sites for hydroxylation is 2. The normalized spacial score (nSPS) is 22.4. The van der Waals surface area contributed by atoms with Gasteiger partial charge in [-0.3, -0.25) is 4.79 Å². The third-order valence-corrected chi connectivity index (χ3v) is 5.15. The summed E-state index contributed by atoms with van der Waals surface area (Å²) in [6.07, 6.45) is 4.55. The Morgan fingerprint density at radius 2 is 1.90 bits per heavy atom. The first-order valence-corrected chi connectivity index (χ1v) is 8.82. The Balaban J connectivity index is 1.79. The van der Waals surface area contributed by atoms with Crippen molar-refractivity contribution in [1.82, 2.24) is 0 Å². The third kappa shape index (κ3) is 3.26. The number of benzene rings is 1. The molecule has 0 bridgehead atoms. The van der Waals surface area contributed by atoms with Crippen LogP contribution >= 0.6 is 0 Å². The van der Waals surface area contributed by atoms with Gasteiger partial charge in [0.25, 0.3) is 0 Å². The monoisotopic (exact) mass is 311 g/mol. The lowest BCUT2D eigenvalue weighted by atomic mass is 9.91. The smallest absolute Gasteiger partial charge is 0.302 e. The molecule has 0 N–H and O–H groups in total. The van der Waals surface area contributed by atoms with Gasteiger partial charge < -0.3 is 4.90 Å². The molecule has 1 aromatic carbocycles. The van der Waals surface area contributed by atoms with Gasteiger partial charge in [0, 0.05) is 24.6 Å². The standard InChI is InChI=1S/C15H18FNO3S/c16-21(19,20)10-11-7-15(18)17(9-11)14-6-5-12-3-1-2-4-13(12)8-14/h5-6,8,11H,1-4,7,9-10H2. The zero-order chi connectivity index (χ0) is 15.0. The Kier molecular flexibility index (Phi) is 3.73. The van der Waals surface area contributed by atoms with Crippen molar-refractivity contribution in [3.05, 3.63) is 29.3 Å². The Hall–Kier alpha value is -1.43.